The number of aromatic nitrogens is 1. The summed E-state index contributed by atoms with van der Waals surface area (Å²) in [4.78, 5) is 17.7. The number of piperidine rings is 1. The highest BCUT2D eigenvalue weighted by Crippen LogP contribution is 2.27. The van der Waals surface area contributed by atoms with E-state index >= 15 is 0 Å². The molecule has 1 amide bonds. The normalized spacial score (nSPS) is 24.0. The highest BCUT2D eigenvalue weighted by atomic mass is 16.1. The van der Waals surface area contributed by atoms with Crippen molar-refractivity contribution in [1.29, 1.82) is 0 Å². The first-order valence-electron chi connectivity index (χ1n) is 7.48. The molecule has 3 heterocycles. The van der Waals surface area contributed by atoms with Crippen LogP contribution in [0.1, 0.15) is 36.0 Å². The van der Waals surface area contributed by atoms with Crippen molar-refractivity contribution in [2.45, 2.75) is 31.7 Å². The van der Waals surface area contributed by atoms with Crippen LogP contribution >= 0.6 is 0 Å². The van der Waals surface area contributed by atoms with Gasteiger partial charge in [0.2, 0.25) is 5.91 Å². The number of anilines is 1. The molecule has 1 unspecified atom stereocenters. The minimum atomic E-state index is -0.421. The summed E-state index contributed by atoms with van der Waals surface area (Å²) in [6.45, 7) is 3.28. The molecule has 20 heavy (non-hydrogen) atoms. The Morgan fingerprint density at radius 3 is 2.65 bits per heavy atom. The van der Waals surface area contributed by atoms with Gasteiger partial charge in [-0.2, -0.15) is 0 Å². The molecular formula is C15H22N4O. The largest absolute Gasteiger partial charge is 0.366 e. The van der Waals surface area contributed by atoms with Gasteiger partial charge in [0.05, 0.1) is 5.56 Å². The number of hydrogen-bond donors (Lipinski definition) is 2. The van der Waals surface area contributed by atoms with Crippen molar-refractivity contribution in [2.75, 3.05) is 24.5 Å². The van der Waals surface area contributed by atoms with Crippen LogP contribution < -0.4 is 16.0 Å². The SMILES string of the molecule is NC(=O)c1ccc(N2CCC(C3CCCN3)CC2)nc1. The molecule has 5 heteroatoms. The van der Waals surface area contributed by atoms with E-state index in [1.54, 1.807) is 12.3 Å². The zero-order chi connectivity index (χ0) is 13.9. The Labute approximate surface area is 119 Å². The Kier molecular flexibility index (Phi) is 3.87. The first kappa shape index (κ1) is 13.4. The molecule has 0 bridgehead atoms. The zero-order valence-electron chi connectivity index (χ0n) is 11.7. The predicted octanol–water partition coefficient (Wildman–Crippen LogP) is 1.15. The Morgan fingerprint density at radius 2 is 2.10 bits per heavy atom. The molecular weight excluding hydrogens is 252 g/mol. The molecule has 3 N–H and O–H groups in total. The van der Waals surface area contributed by atoms with Crippen LogP contribution in [0.25, 0.3) is 0 Å². The van der Waals surface area contributed by atoms with Gasteiger partial charge in [-0.15, -0.1) is 0 Å². The van der Waals surface area contributed by atoms with Gasteiger partial charge < -0.3 is 16.0 Å². The van der Waals surface area contributed by atoms with Crippen LogP contribution in [0.15, 0.2) is 18.3 Å². The van der Waals surface area contributed by atoms with Gasteiger partial charge in [-0.25, -0.2) is 4.98 Å². The first-order valence-corrected chi connectivity index (χ1v) is 7.48. The van der Waals surface area contributed by atoms with E-state index in [-0.39, 0.29) is 0 Å². The first-order chi connectivity index (χ1) is 9.74. The fourth-order valence-electron chi connectivity index (χ4n) is 3.36. The lowest BCUT2D eigenvalue weighted by Gasteiger charge is -2.35. The van der Waals surface area contributed by atoms with E-state index in [0.717, 1.165) is 30.9 Å². The molecule has 0 aromatic carbocycles. The molecule has 0 spiro atoms. The third kappa shape index (κ3) is 2.77. The fourth-order valence-corrected chi connectivity index (χ4v) is 3.36. The van der Waals surface area contributed by atoms with E-state index in [4.69, 9.17) is 5.73 Å². The summed E-state index contributed by atoms with van der Waals surface area (Å²) >= 11 is 0. The van der Waals surface area contributed by atoms with E-state index < -0.39 is 5.91 Å². The van der Waals surface area contributed by atoms with E-state index in [2.05, 4.69) is 15.2 Å². The smallest absolute Gasteiger partial charge is 0.250 e. The summed E-state index contributed by atoms with van der Waals surface area (Å²) in [6.07, 6.45) is 6.66. The molecule has 1 atom stereocenters. The lowest BCUT2D eigenvalue weighted by Crippen LogP contribution is -2.41. The standard InChI is InChI=1S/C15H22N4O/c16-15(20)12-3-4-14(18-10-12)19-8-5-11(6-9-19)13-2-1-7-17-13/h3-4,10-11,13,17H,1-2,5-9H2,(H2,16,20). The maximum absolute atomic E-state index is 11.0. The molecule has 1 aromatic rings. The van der Waals surface area contributed by atoms with Crippen molar-refractivity contribution >= 4 is 11.7 Å². The topological polar surface area (TPSA) is 71.2 Å². The summed E-state index contributed by atoms with van der Waals surface area (Å²) in [7, 11) is 0. The van der Waals surface area contributed by atoms with Gasteiger partial charge in [-0.05, 0) is 50.3 Å². The number of carbonyl (C=O) groups is 1. The van der Waals surface area contributed by atoms with E-state index in [1.807, 2.05) is 6.07 Å². The van der Waals surface area contributed by atoms with Crippen LogP contribution in [0.2, 0.25) is 0 Å². The maximum Gasteiger partial charge on any atom is 0.250 e. The van der Waals surface area contributed by atoms with Crippen LogP contribution in [0.4, 0.5) is 5.82 Å². The third-order valence-electron chi connectivity index (χ3n) is 4.56. The molecule has 2 fully saturated rings. The fraction of sp³-hybridized carbons (Fsp3) is 0.600. The van der Waals surface area contributed by atoms with Crippen molar-refractivity contribution in [3.05, 3.63) is 23.9 Å². The molecule has 2 aliphatic heterocycles. The summed E-state index contributed by atoms with van der Waals surface area (Å²) < 4.78 is 0. The minimum Gasteiger partial charge on any atom is -0.366 e. The monoisotopic (exact) mass is 274 g/mol. The Morgan fingerprint density at radius 1 is 1.30 bits per heavy atom. The van der Waals surface area contributed by atoms with Crippen LogP contribution in [0, 0.1) is 5.92 Å². The van der Waals surface area contributed by atoms with Crippen molar-refractivity contribution < 1.29 is 4.79 Å². The van der Waals surface area contributed by atoms with Gasteiger partial charge in [0.15, 0.2) is 0 Å². The Balaban J connectivity index is 1.58. The van der Waals surface area contributed by atoms with E-state index in [9.17, 15) is 4.79 Å². The summed E-state index contributed by atoms with van der Waals surface area (Å²) in [5.74, 6) is 1.33. The number of rotatable bonds is 3. The van der Waals surface area contributed by atoms with Crippen LogP contribution in [0.5, 0.6) is 0 Å². The van der Waals surface area contributed by atoms with Crippen LogP contribution in [-0.2, 0) is 0 Å². The lowest BCUT2D eigenvalue weighted by atomic mass is 9.88. The van der Waals surface area contributed by atoms with Gasteiger partial charge in [0.25, 0.3) is 0 Å². The molecule has 5 nitrogen and oxygen atoms in total. The van der Waals surface area contributed by atoms with Crippen LogP contribution in [-0.4, -0.2) is 36.6 Å². The second kappa shape index (κ2) is 5.79. The Hall–Kier alpha value is -1.62. The lowest BCUT2D eigenvalue weighted by molar-refractivity contribution is 0.1000. The quantitative estimate of drug-likeness (QED) is 0.867. The molecule has 2 aliphatic rings. The second-order valence-electron chi connectivity index (χ2n) is 5.80. The zero-order valence-corrected chi connectivity index (χ0v) is 11.7. The van der Waals surface area contributed by atoms with Gasteiger partial charge in [0.1, 0.15) is 5.82 Å². The van der Waals surface area contributed by atoms with Gasteiger partial charge in [-0.3, -0.25) is 4.79 Å². The molecule has 2 saturated heterocycles. The number of nitrogens with zero attached hydrogens (tertiary/aromatic N) is 2. The number of nitrogens with one attached hydrogen (secondary N) is 1. The van der Waals surface area contributed by atoms with Gasteiger partial charge >= 0.3 is 0 Å². The van der Waals surface area contributed by atoms with Crippen molar-refractivity contribution in [2.24, 2.45) is 11.7 Å². The molecule has 0 saturated carbocycles. The molecule has 108 valence electrons. The molecule has 0 radical (unpaired) electrons. The average molecular weight is 274 g/mol. The molecule has 0 aliphatic carbocycles. The highest BCUT2D eigenvalue weighted by molar-refractivity contribution is 5.92. The minimum absolute atomic E-state index is 0.421. The van der Waals surface area contributed by atoms with E-state index in [0.29, 0.717) is 5.56 Å². The predicted molar refractivity (Wildman–Crippen MR) is 78.7 cm³/mol. The van der Waals surface area contributed by atoms with Gasteiger partial charge in [-0.1, -0.05) is 0 Å². The van der Waals surface area contributed by atoms with Gasteiger partial charge in [0, 0.05) is 25.3 Å². The van der Waals surface area contributed by atoms with Crippen molar-refractivity contribution in [1.82, 2.24) is 10.3 Å². The second-order valence-corrected chi connectivity index (χ2v) is 5.80. The van der Waals surface area contributed by atoms with Crippen molar-refractivity contribution in [3.63, 3.8) is 0 Å². The number of amides is 1. The number of nitrogens with two attached hydrogens (primary N) is 1. The number of hydrogen-bond acceptors (Lipinski definition) is 4. The van der Waals surface area contributed by atoms with Crippen molar-refractivity contribution in [3.8, 4) is 0 Å². The Bertz CT molecular complexity index is 459. The molecule has 3 rings (SSSR count). The third-order valence-corrected chi connectivity index (χ3v) is 4.56. The number of carbonyl (C=O) groups excluding carboxylic acids is 1. The highest BCUT2D eigenvalue weighted by Gasteiger charge is 2.28. The summed E-state index contributed by atoms with van der Waals surface area (Å²) in [5, 5.41) is 3.62. The maximum atomic E-state index is 11.0. The number of pyridine rings is 1. The summed E-state index contributed by atoms with van der Waals surface area (Å²) in [6, 6.07) is 4.38. The summed E-state index contributed by atoms with van der Waals surface area (Å²) in [5.41, 5.74) is 5.70. The molecule has 1 aromatic heterocycles. The van der Waals surface area contributed by atoms with Crippen LogP contribution in [0.3, 0.4) is 0 Å². The number of primary amides is 1. The average Bonchev–Trinajstić information content (AvgIpc) is 3.02. The van der Waals surface area contributed by atoms with E-state index in [1.165, 1.54) is 32.2 Å².